The number of fused-ring (bicyclic) bond motifs is 9. The first-order valence-electron chi connectivity index (χ1n) is 26.8. The Morgan fingerprint density at radius 1 is 0.455 bits per heavy atom. The van der Waals surface area contributed by atoms with Crippen molar-refractivity contribution < 1.29 is 44.3 Å². The summed E-state index contributed by atoms with van der Waals surface area (Å²) in [5.74, 6) is -2.98. The van der Waals surface area contributed by atoms with E-state index >= 15 is 0 Å². The molecule has 0 radical (unpaired) electrons. The van der Waals surface area contributed by atoms with Crippen molar-refractivity contribution in [2.24, 2.45) is 0 Å². The summed E-state index contributed by atoms with van der Waals surface area (Å²) in [6.45, 7) is 1.47. The zero-order chi connectivity index (χ0) is 53.3. The van der Waals surface area contributed by atoms with Gasteiger partial charge < -0.3 is 38.9 Å². The molecule has 6 aromatic carbocycles. The van der Waals surface area contributed by atoms with Gasteiger partial charge in [-0.15, -0.1) is 0 Å². The number of hydrogen-bond acceptors (Lipinski definition) is 5. The van der Waals surface area contributed by atoms with Crippen molar-refractivity contribution in [3.05, 3.63) is 205 Å². The maximum absolute atomic E-state index is 11.9. The van der Waals surface area contributed by atoms with Gasteiger partial charge in [-0.3, -0.25) is 0 Å². The molecule has 12 nitrogen and oxygen atoms in total. The van der Waals surface area contributed by atoms with Gasteiger partial charge in [0, 0.05) is 62.4 Å². The van der Waals surface area contributed by atoms with Crippen molar-refractivity contribution >= 4 is 68.2 Å². The van der Waals surface area contributed by atoms with Crippen LogP contribution in [0.3, 0.4) is 0 Å². The molecule has 4 aliphatic rings. The molecule has 3 aromatic heterocycles. The van der Waals surface area contributed by atoms with Crippen LogP contribution in [0.15, 0.2) is 127 Å². The minimum absolute atomic E-state index is 0.239. The predicted octanol–water partition coefficient (Wildman–Crippen LogP) is 13.7. The third-order valence-electron chi connectivity index (χ3n) is 15.9. The summed E-state index contributed by atoms with van der Waals surface area (Å²) in [5.41, 5.74) is 14.4. The molecule has 77 heavy (non-hydrogen) atoms. The van der Waals surface area contributed by atoms with Crippen LogP contribution in [0.4, 0.5) is 0 Å². The highest BCUT2D eigenvalue weighted by Crippen LogP contribution is 2.39. The van der Waals surface area contributed by atoms with Crippen molar-refractivity contribution in [1.29, 1.82) is 0 Å². The van der Waals surface area contributed by atoms with Crippen LogP contribution in [0.5, 0.6) is 5.75 Å². The number of aromatic nitrogens is 3. The predicted molar refractivity (Wildman–Crippen MR) is 299 cm³/mol. The fraction of sp³-hybridized carbons (Fsp3) is 0.281. The Bertz CT molecular complexity index is 3780. The molecule has 3 heterocycles. The Morgan fingerprint density at radius 3 is 1.51 bits per heavy atom. The zero-order valence-electron chi connectivity index (χ0n) is 42.8. The molecule has 0 aliphatic heterocycles. The molecule has 9 aromatic rings. The molecule has 4 aliphatic carbocycles. The quantitative estimate of drug-likeness (QED) is 0.0929. The van der Waals surface area contributed by atoms with Gasteiger partial charge in [-0.1, -0.05) is 90.5 Å². The number of halogens is 1. The number of aromatic carboxylic acids is 4. The van der Waals surface area contributed by atoms with Gasteiger partial charge in [0.05, 0.1) is 45.9 Å². The zero-order valence-corrected chi connectivity index (χ0v) is 43.5. The minimum atomic E-state index is -0.968. The molecule has 13 heteroatoms. The van der Waals surface area contributed by atoms with E-state index in [0.29, 0.717) is 46.9 Å². The third-order valence-corrected chi connectivity index (χ3v) is 16.1. The molecular formula is C64H60ClN3O9. The lowest BCUT2D eigenvalue weighted by atomic mass is 9.95. The highest BCUT2D eigenvalue weighted by Gasteiger charge is 2.29. The van der Waals surface area contributed by atoms with Gasteiger partial charge in [0.15, 0.2) is 0 Å². The van der Waals surface area contributed by atoms with Crippen LogP contribution in [0, 0.1) is 0 Å². The number of carboxylic acid groups (broad SMARTS) is 4. The van der Waals surface area contributed by atoms with Gasteiger partial charge >= 0.3 is 23.9 Å². The minimum Gasteiger partial charge on any atom is -0.490 e. The smallest absolute Gasteiger partial charge is 0.337 e. The van der Waals surface area contributed by atoms with Crippen molar-refractivity contribution in [3.63, 3.8) is 0 Å². The number of ether oxygens (including phenoxy) is 1. The number of carbonyl (C=O) groups is 4. The average Bonchev–Trinajstić information content (AvgIpc) is 4.21. The van der Waals surface area contributed by atoms with Crippen LogP contribution in [0.25, 0.3) is 32.7 Å². The van der Waals surface area contributed by atoms with Gasteiger partial charge in [0.2, 0.25) is 0 Å². The number of rotatable bonds is 12. The summed E-state index contributed by atoms with van der Waals surface area (Å²) >= 11 is 6.23. The summed E-state index contributed by atoms with van der Waals surface area (Å²) < 4.78 is 12.7. The van der Waals surface area contributed by atoms with Gasteiger partial charge in [0.1, 0.15) is 5.75 Å². The second-order valence-electron chi connectivity index (χ2n) is 20.7. The molecule has 0 bridgehead atoms. The van der Waals surface area contributed by atoms with Crippen LogP contribution in [0.2, 0.25) is 5.02 Å². The Kier molecular flexibility index (Phi) is 14.5. The van der Waals surface area contributed by atoms with Crippen LogP contribution >= 0.6 is 11.6 Å². The Labute approximate surface area is 450 Å². The first-order valence-corrected chi connectivity index (χ1v) is 27.2. The Morgan fingerprint density at radius 2 is 0.909 bits per heavy atom. The number of benzene rings is 6. The molecule has 0 saturated heterocycles. The summed E-state index contributed by atoms with van der Waals surface area (Å²) in [4.78, 5) is 46.8. The molecule has 392 valence electrons. The number of carboxylic acids is 4. The summed E-state index contributed by atoms with van der Waals surface area (Å²) in [6, 6.07) is 39.5. The van der Waals surface area contributed by atoms with Gasteiger partial charge in [-0.05, 0) is 166 Å². The van der Waals surface area contributed by atoms with E-state index in [1.54, 1.807) is 54.6 Å². The van der Waals surface area contributed by atoms with E-state index < -0.39 is 23.9 Å². The number of nitrogens with zero attached hydrogens (tertiary/aromatic N) is 3. The standard InChI is InChI=1S/C23H23NO3.C21H19NO4.C20H18ClNO2/c25-23(26)18-8-5-11-22(27-15-12-13-15)19(18)14-24-20-9-3-1-6-16(20)17-7-2-4-10-21(17)24;23-20(24)14-7-2-1-6-13(14)12-22-18-11-4-3-8-15(18)16-9-5-10-17(19(16)22)21(25)26;21-14-9-10-17-16-7-3-4-8-18(16)22(19(17)11-14)12-13-5-1-2-6-15(13)20(23)24/h1,3,5-6,8-9,11,15H,2,4,7,10,12-14H2,(H,25,26);1-2,5-7,9-10H,3-4,8,11-12H2,(H,23,24)(H,25,26);1-2,5-6,9-11H,3-4,7-8,12H2,(H,23,24). The molecule has 0 unspecified atom stereocenters. The lowest BCUT2D eigenvalue weighted by Crippen LogP contribution is -2.14. The Hall–Kier alpha value is -8.09. The van der Waals surface area contributed by atoms with E-state index in [1.165, 1.54) is 70.1 Å². The molecule has 4 N–H and O–H groups in total. The first-order chi connectivity index (χ1) is 37.4. The van der Waals surface area contributed by atoms with Crippen molar-refractivity contribution in [2.75, 3.05) is 0 Å². The molecule has 0 amide bonds. The highest BCUT2D eigenvalue weighted by atomic mass is 35.5. The van der Waals surface area contributed by atoms with Crippen molar-refractivity contribution in [3.8, 4) is 5.75 Å². The highest BCUT2D eigenvalue weighted by molar-refractivity contribution is 6.31. The van der Waals surface area contributed by atoms with E-state index in [-0.39, 0.29) is 17.2 Å². The topological polar surface area (TPSA) is 173 Å². The second-order valence-corrected chi connectivity index (χ2v) is 21.1. The number of aryl methyl sites for hydroxylation is 3. The number of para-hydroxylation sites is 2. The molecule has 0 atom stereocenters. The van der Waals surface area contributed by atoms with Crippen LogP contribution in [-0.2, 0) is 58.2 Å². The van der Waals surface area contributed by atoms with Gasteiger partial charge in [-0.25, -0.2) is 19.2 Å². The van der Waals surface area contributed by atoms with E-state index in [4.69, 9.17) is 16.3 Å². The van der Waals surface area contributed by atoms with E-state index in [0.717, 1.165) is 97.7 Å². The molecule has 1 fully saturated rings. The largest absolute Gasteiger partial charge is 0.490 e. The van der Waals surface area contributed by atoms with Gasteiger partial charge in [-0.2, -0.15) is 0 Å². The lowest BCUT2D eigenvalue weighted by Gasteiger charge is -2.19. The summed E-state index contributed by atoms with van der Waals surface area (Å²) in [7, 11) is 0. The van der Waals surface area contributed by atoms with Crippen molar-refractivity contribution in [1.82, 2.24) is 13.7 Å². The fourth-order valence-corrected chi connectivity index (χ4v) is 12.4. The monoisotopic (exact) mass is 1050 g/mol. The van der Waals surface area contributed by atoms with Crippen LogP contribution in [-0.4, -0.2) is 64.1 Å². The first kappa shape index (κ1) is 51.0. The molecular weight excluding hydrogens is 990 g/mol. The van der Waals surface area contributed by atoms with Crippen molar-refractivity contribution in [2.45, 2.75) is 116 Å². The maximum Gasteiger partial charge on any atom is 0.337 e. The summed E-state index contributed by atoms with van der Waals surface area (Å²) in [5, 5.41) is 42.6. The Balaban J connectivity index is 0.000000123. The van der Waals surface area contributed by atoms with Crippen LogP contribution in [0.1, 0.15) is 143 Å². The second kappa shape index (κ2) is 21.9. The lowest BCUT2D eigenvalue weighted by molar-refractivity contribution is 0.0684. The van der Waals surface area contributed by atoms with E-state index in [2.05, 4.69) is 39.5 Å². The van der Waals surface area contributed by atoms with Gasteiger partial charge in [0.25, 0.3) is 0 Å². The molecule has 1 saturated carbocycles. The average molecular weight is 1050 g/mol. The van der Waals surface area contributed by atoms with E-state index in [9.17, 15) is 39.6 Å². The maximum atomic E-state index is 11.9. The molecule has 13 rings (SSSR count). The normalized spacial score (nSPS) is 14.6. The van der Waals surface area contributed by atoms with E-state index in [1.807, 2.05) is 47.0 Å². The van der Waals surface area contributed by atoms with Crippen LogP contribution < -0.4 is 4.74 Å². The number of hydrogen-bond donors (Lipinski definition) is 4. The molecule has 0 spiro atoms. The third kappa shape index (κ3) is 10.2. The SMILES string of the molecule is O=C(O)c1cccc(OC2CC2)c1Cn1c2c(c3ccccc31)CCCC2.O=C(O)c1ccccc1Cn1c2c(c3ccc(Cl)cc31)CCCC2.O=C(O)c1ccccc1Cn1c2c(c3cccc(C(=O)O)c31)CCCC2. The summed E-state index contributed by atoms with van der Waals surface area (Å²) in [6.07, 6.45) is 15.4. The fourth-order valence-electron chi connectivity index (χ4n) is 12.2.